The summed E-state index contributed by atoms with van der Waals surface area (Å²) >= 11 is 5.99. The zero-order valence-corrected chi connectivity index (χ0v) is 12.6. The molecule has 112 valence electrons. The molecule has 1 aliphatic rings. The topological polar surface area (TPSA) is 35.5 Å². The summed E-state index contributed by atoms with van der Waals surface area (Å²) in [5.41, 5.74) is 1.93. The van der Waals surface area contributed by atoms with Crippen LogP contribution in [0.4, 0.5) is 0 Å². The monoisotopic (exact) mass is 314 g/mol. The number of esters is 1. The second-order valence-corrected chi connectivity index (χ2v) is 5.51. The maximum atomic E-state index is 11.7. The van der Waals surface area contributed by atoms with Crippen molar-refractivity contribution >= 4 is 17.6 Å². The van der Waals surface area contributed by atoms with Crippen LogP contribution in [0.5, 0.6) is 0 Å². The summed E-state index contributed by atoms with van der Waals surface area (Å²) < 4.78 is 11.1. The molecule has 0 N–H and O–H groups in total. The van der Waals surface area contributed by atoms with Gasteiger partial charge in [-0.1, -0.05) is 54.1 Å². The van der Waals surface area contributed by atoms with Crippen molar-refractivity contribution in [3.8, 4) is 0 Å². The summed E-state index contributed by atoms with van der Waals surface area (Å²) in [5, 5.41) is 0.620. The molecule has 0 saturated heterocycles. The molecular weight excluding hydrogens is 300 g/mol. The zero-order chi connectivity index (χ0) is 15.4. The summed E-state index contributed by atoms with van der Waals surface area (Å²) in [6, 6.07) is 17.2. The fraction of sp³-hybridized carbons (Fsp3) is 0.167. The second-order valence-electron chi connectivity index (χ2n) is 5.07. The zero-order valence-electron chi connectivity index (χ0n) is 11.9. The number of hydrogen-bond donors (Lipinski definition) is 0. The molecule has 0 bridgehead atoms. The van der Waals surface area contributed by atoms with Crippen molar-refractivity contribution in [2.24, 2.45) is 0 Å². The maximum Gasteiger partial charge on any atom is 0.334 e. The van der Waals surface area contributed by atoms with Crippen LogP contribution in [0.25, 0.3) is 0 Å². The average molecular weight is 315 g/mol. The third-order valence-corrected chi connectivity index (χ3v) is 3.65. The summed E-state index contributed by atoms with van der Waals surface area (Å²) in [7, 11) is 0. The Kier molecular flexibility index (Phi) is 4.45. The molecule has 3 rings (SSSR count). The molecule has 0 spiro atoms. The van der Waals surface area contributed by atoms with Crippen molar-refractivity contribution in [3.63, 3.8) is 0 Å². The first-order chi connectivity index (χ1) is 10.7. The lowest BCUT2D eigenvalue weighted by Crippen LogP contribution is -2.17. The van der Waals surface area contributed by atoms with E-state index in [4.69, 9.17) is 21.1 Å². The maximum absolute atomic E-state index is 11.7. The second kappa shape index (κ2) is 6.67. The van der Waals surface area contributed by atoms with Crippen LogP contribution in [0.15, 0.2) is 66.4 Å². The molecule has 2 aromatic rings. The van der Waals surface area contributed by atoms with Gasteiger partial charge in [0.1, 0.15) is 18.5 Å². The van der Waals surface area contributed by atoms with Crippen LogP contribution >= 0.6 is 11.6 Å². The first kappa shape index (κ1) is 14.7. The summed E-state index contributed by atoms with van der Waals surface area (Å²) in [5.74, 6) is 0.240. The molecule has 1 aliphatic heterocycles. The van der Waals surface area contributed by atoms with Gasteiger partial charge in [-0.2, -0.15) is 0 Å². The van der Waals surface area contributed by atoms with E-state index in [0.29, 0.717) is 23.8 Å². The minimum atomic E-state index is -0.390. The van der Waals surface area contributed by atoms with E-state index in [-0.39, 0.29) is 12.1 Å². The van der Waals surface area contributed by atoms with Crippen molar-refractivity contribution < 1.29 is 14.3 Å². The molecule has 22 heavy (non-hydrogen) atoms. The van der Waals surface area contributed by atoms with Gasteiger partial charge >= 0.3 is 5.97 Å². The Morgan fingerprint density at radius 3 is 2.73 bits per heavy atom. The highest BCUT2D eigenvalue weighted by Crippen LogP contribution is 2.31. The van der Waals surface area contributed by atoms with Gasteiger partial charge in [0.25, 0.3) is 0 Å². The van der Waals surface area contributed by atoms with Crippen LogP contribution in [0.2, 0.25) is 5.02 Å². The van der Waals surface area contributed by atoms with Gasteiger partial charge in [0.15, 0.2) is 0 Å². The quantitative estimate of drug-likeness (QED) is 0.783. The predicted octanol–water partition coefficient (Wildman–Crippen LogP) is 4.43. The van der Waals surface area contributed by atoms with Crippen molar-refractivity contribution in [1.82, 2.24) is 0 Å². The Bertz CT molecular complexity index is 694. The number of hydrogen-bond acceptors (Lipinski definition) is 3. The van der Waals surface area contributed by atoms with Gasteiger partial charge in [-0.15, -0.1) is 0 Å². The van der Waals surface area contributed by atoms with Crippen LogP contribution in [0.1, 0.15) is 23.7 Å². The Labute approximate surface area is 134 Å². The lowest BCUT2D eigenvalue weighted by molar-refractivity contribution is -0.146. The number of halogens is 1. The summed E-state index contributed by atoms with van der Waals surface area (Å²) in [6.07, 6.45) is 1.56. The van der Waals surface area contributed by atoms with E-state index in [0.717, 1.165) is 11.1 Å². The van der Waals surface area contributed by atoms with Gasteiger partial charge in [-0.25, -0.2) is 4.79 Å². The van der Waals surface area contributed by atoms with Gasteiger partial charge in [-0.05, 0) is 23.3 Å². The van der Waals surface area contributed by atoms with Crippen LogP contribution in [0, 0.1) is 0 Å². The third-order valence-electron chi connectivity index (χ3n) is 3.41. The van der Waals surface area contributed by atoms with Crippen molar-refractivity contribution in [2.75, 3.05) is 0 Å². The van der Waals surface area contributed by atoms with Crippen LogP contribution in [-0.2, 0) is 20.9 Å². The lowest BCUT2D eigenvalue weighted by Gasteiger charge is -2.23. The molecule has 1 atom stereocenters. The van der Waals surface area contributed by atoms with Crippen LogP contribution in [-0.4, -0.2) is 5.97 Å². The first-order valence-corrected chi connectivity index (χ1v) is 7.42. The summed E-state index contributed by atoms with van der Waals surface area (Å²) in [4.78, 5) is 11.7. The van der Waals surface area contributed by atoms with Gasteiger partial charge < -0.3 is 9.47 Å². The van der Waals surface area contributed by atoms with Crippen molar-refractivity contribution in [3.05, 3.63) is 82.6 Å². The van der Waals surface area contributed by atoms with Crippen molar-refractivity contribution in [2.45, 2.75) is 19.1 Å². The Morgan fingerprint density at radius 2 is 1.95 bits per heavy atom. The fourth-order valence-electron chi connectivity index (χ4n) is 2.33. The molecule has 0 fully saturated rings. The largest absolute Gasteiger partial charge is 0.493 e. The van der Waals surface area contributed by atoms with E-state index >= 15 is 0 Å². The Balaban J connectivity index is 1.69. The molecule has 0 amide bonds. The predicted molar refractivity (Wildman–Crippen MR) is 84.2 cm³/mol. The molecule has 2 aromatic carbocycles. The van der Waals surface area contributed by atoms with E-state index in [1.807, 2.05) is 42.5 Å². The van der Waals surface area contributed by atoms with E-state index in [2.05, 4.69) is 0 Å². The molecule has 0 saturated carbocycles. The molecule has 1 heterocycles. The number of rotatable bonds is 4. The highest BCUT2D eigenvalue weighted by atomic mass is 35.5. The standard InChI is InChI=1S/C18H15ClO3/c19-15-8-4-7-14(9-15)17-10-16(11-18(20)22-17)21-12-13-5-2-1-3-6-13/h1-9,11,17H,10,12H2. The number of benzene rings is 2. The molecular formula is C18H15ClO3. The highest BCUT2D eigenvalue weighted by molar-refractivity contribution is 6.30. The molecule has 0 aliphatic carbocycles. The smallest absolute Gasteiger partial charge is 0.334 e. The summed E-state index contributed by atoms with van der Waals surface area (Å²) in [6.45, 7) is 0.433. The van der Waals surface area contributed by atoms with Gasteiger partial charge in [0.2, 0.25) is 0 Å². The number of cyclic esters (lactones) is 1. The first-order valence-electron chi connectivity index (χ1n) is 7.04. The molecule has 3 nitrogen and oxygen atoms in total. The van der Waals surface area contributed by atoms with Crippen LogP contribution < -0.4 is 0 Å². The van der Waals surface area contributed by atoms with E-state index in [1.165, 1.54) is 6.08 Å². The normalized spacial score (nSPS) is 17.6. The third kappa shape index (κ3) is 3.68. The Morgan fingerprint density at radius 1 is 1.14 bits per heavy atom. The van der Waals surface area contributed by atoms with Gasteiger partial charge in [-0.3, -0.25) is 0 Å². The Hall–Kier alpha value is -2.26. The lowest BCUT2D eigenvalue weighted by atomic mass is 10.0. The fourth-order valence-corrected chi connectivity index (χ4v) is 2.53. The van der Waals surface area contributed by atoms with Gasteiger partial charge in [0.05, 0.1) is 6.08 Å². The molecule has 0 radical (unpaired) electrons. The van der Waals surface area contributed by atoms with Crippen LogP contribution in [0.3, 0.4) is 0 Å². The minimum absolute atomic E-state index is 0.359. The SMILES string of the molecule is O=C1C=C(OCc2ccccc2)CC(c2cccc(Cl)c2)O1. The van der Waals surface area contributed by atoms with Crippen molar-refractivity contribution in [1.29, 1.82) is 0 Å². The van der Waals surface area contributed by atoms with Gasteiger partial charge in [0, 0.05) is 11.4 Å². The number of ether oxygens (including phenoxy) is 2. The molecule has 0 aromatic heterocycles. The van der Waals surface area contributed by atoms with E-state index in [1.54, 1.807) is 12.1 Å². The van der Waals surface area contributed by atoms with E-state index in [9.17, 15) is 4.79 Å². The highest BCUT2D eigenvalue weighted by Gasteiger charge is 2.24. The molecule has 1 unspecified atom stereocenters. The number of carbonyl (C=O) groups is 1. The molecule has 4 heteroatoms. The average Bonchev–Trinajstić information content (AvgIpc) is 2.53. The minimum Gasteiger partial charge on any atom is -0.493 e. The number of carbonyl (C=O) groups excluding carboxylic acids is 1. The van der Waals surface area contributed by atoms with E-state index < -0.39 is 0 Å².